The number of benzene rings is 2. The van der Waals surface area contributed by atoms with Crippen molar-refractivity contribution < 1.29 is 14.3 Å². The summed E-state index contributed by atoms with van der Waals surface area (Å²) in [6.07, 6.45) is 2.15. The fraction of sp³-hybridized carbons (Fsp3) is 0.160. The van der Waals surface area contributed by atoms with Crippen molar-refractivity contribution in [3.8, 4) is 11.3 Å². The van der Waals surface area contributed by atoms with Gasteiger partial charge in [-0.1, -0.05) is 66.2 Å². The van der Waals surface area contributed by atoms with E-state index in [1.54, 1.807) is 4.40 Å². The fourth-order valence-corrected chi connectivity index (χ4v) is 3.52. The summed E-state index contributed by atoms with van der Waals surface area (Å²) >= 11 is 0. The molecular weight excluding hydrogens is 404 g/mol. The second-order valence-electron chi connectivity index (χ2n) is 7.47. The first kappa shape index (κ1) is 21.1. The molecule has 2 aromatic carbocycles. The molecule has 4 rings (SSSR count). The number of esters is 1. The van der Waals surface area contributed by atoms with Gasteiger partial charge in [-0.05, 0) is 24.6 Å². The number of nitrogens with zero attached hydrogens (tertiary/aromatic N) is 2. The molecule has 7 nitrogen and oxygen atoms in total. The predicted octanol–water partition coefficient (Wildman–Crippen LogP) is 4.22. The zero-order valence-corrected chi connectivity index (χ0v) is 17.9. The number of urea groups is 1. The fourth-order valence-electron chi connectivity index (χ4n) is 3.52. The molecule has 32 heavy (non-hydrogen) atoms. The molecule has 0 aliphatic rings. The van der Waals surface area contributed by atoms with Crippen LogP contribution in [0.25, 0.3) is 16.9 Å². The first-order valence-electron chi connectivity index (χ1n) is 10.3. The van der Waals surface area contributed by atoms with E-state index in [9.17, 15) is 9.59 Å². The van der Waals surface area contributed by atoms with E-state index in [1.165, 1.54) is 7.11 Å². The van der Waals surface area contributed by atoms with Gasteiger partial charge in [0.05, 0.1) is 7.11 Å². The number of amides is 2. The molecule has 0 unspecified atom stereocenters. The number of hydrogen-bond acceptors (Lipinski definition) is 4. The van der Waals surface area contributed by atoms with Gasteiger partial charge in [0.15, 0.2) is 0 Å². The Labute approximate surface area is 186 Å². The highest BCUT2D eigenvalue weighted by atomic mass is 16.5. The number of fused-ring (bicyclic) bond motifs is 1. The second kappa shape index (κ2) is 9.34. The Morgan fingerprint density at radius 1 is 1.00 bits per heavy atom. The topological polar surface area (TPSA) is 84.7 Å². The van der Waals surface area contributed by atoms with E-state index < -0.39 is 18.0 Å². The number of rotatable bonds is 6. The largest absolute Gasteiger partial charge is 0.467 e. The van der Waals surface area contributed by atoms with Crippen LogP contribution < -0.4 is 10.6 Å². The van der Waals surface area contributed by atoms with Crippen molar-refractivity contribution in [1.82, 2.24) is 14.7 Å². The molecule has 0 fully saturated rings. The minimum atomic E-state index is -0.829. The van der Waals surface area contributed by atoms with Gasteiger partial charge >= 0.3 is 12.0 Å². The quantitative estimate of drug-likeness (QED) is 0.451. The summed E-state index contributed by atoms with van der Waals surface area (Å²) in [5, 5.41) is 5.63. The zero-order chi connectivity index (χ0) is 22.5. The molecule has 0 radical (unpaired) electrons. The van der Waals surface area contributed by atoms with Gasteiger partial charge in [0.2, 0.25) is 0 Å². The first-order chi connectivity index (χ1) is 15.5. The van der Waals surface area contributed by atoms with Crippen LogP contribution >= 0.6 is 0 Å². The Kier molecular flexibility index (Phi) is 6.17. The number of methoxy groups -OCH3 is 1. The lowest BCUT2D eigenvalue weighted by molar-refractivity contribution is -0.142. The molecule has 0 saturated carbocycles. The van der Waals surface area contributed by atoms with Gasteiger partial charge in [-0.15, -0.1) is 0 Å². The van der Waals surface area contributed by atoms with Gasteiger partial charge in [0, 0.05) is 18.2 Å². The van der Waals surface area contributed by atoms with Gasteiger partial charge in [-0.2, -0.15) is 0 Å². The van der Waals surface area contributed by atoms with Gasteiger partial charge in [0.1, 0.15) is 23.2 Å². The minimum Gasteiger partial charge on any atom is -0.467 e. The van der Waals surface area contributed by atoms with Crippen LogP contribution in [0.1, 0.15) is 11.1 Å². The van der Waals surface area contributed by atoms with Crippen LogP contribution in [-0.4, -0.2) is 34.5 Å². The molecule has 0 saturated heterocycles. The van der Waals surface area contributed by atoms with Crippen LogP contribution in [0.2, 0.25) is 0 Å². The first-order valence-corrected chi connectivity index (χ1v) is 10.3. The van der Waals surface area contributed by atoms with Crippen molar-refractivity contribution in [3.05, 3.63) is 90.1 Å². The lowest BCUT2D eigenvalue weighted by Gasteiger charge is -2.17. The monoisotopic (exact) mass is 428 g/mol. The number of hydrogen-bond donors (Lipinski definition) is 2. The van der Waals surface area contributed by atoms with E-state index in [-0.39, 0.29) is 0 Å². The third-order valence-electron chi connectivity index (χ3n) is 5.16. The summed E-state index contributed by atoms with van der Waals surface area (Å²) in [4.78, 5) is 29.9. The number of ether oxygens (including phenoxy) is 1. The number of aryl methyl sites for hydroxylation is 1. The summed E-state index contributed by atoms with van der Waals surface area (Å²) < 4.78 is 6.70. The van der Waals surface area contributed by atoms with E-state index in [4.69, 9.17) is 9.72 Å². The molecule has 162 valence electrons. The lowest BCUT2D eigenvalue weighted by atomic mass is 10.1. The van der Waals surface area contributed by atoms with Gasteiger partial charge in [0.25, 0.3) is 0 Å². The maximum Gasteiger partial charge on any atom is 0.328 e. The van der Waals surface area contributed by atoms with Crippen LogP contribution in [0.4, 0.5) is 10.6 Å². The summed E-state index contributed by atoms with van der Waals surface area (Å²) in [6, 6.07) is 21.7. The summed E-state index contributed by atoms with van der Waals surface area (Å²) in [5.74, 6) is 0.00573. The molecule has 2 aromatic heterocycles. The number of pyridine rings is 1. The third-order valence-corrected chi connectivity index (χ3v) is 5.16. The smallest absolute Gasteiger partial charge is 0.328 e. The Morgan fingerprint density at radius 3 is 2.44 bits per heavy atom. The van der Waals surface area contributed by atoms with Gasteiger partial charge < -0.3 is 10.1 Å². The van der Waals surface area contributed by atoms with Crippen molar-refractivity contribution in [2.24, 2.45) is 0 Å². The van der Waals surface area contributed by atoms with Crippen LogP contribution in [0.5, 0.6) is 0 Å². The number of carbonyl (C=O) groups is 2. The van der Waals surface area contributed by atoms with E-state index in [0.717, 1.165) is 16.7 Å². The molecule has 2 amide bonds. The number of anilines is 1. The number of carbonyl (C=O) groups excluding carboxylic acids is 2. The van der Waals surface area contributed by atoms with Crippen molar-refractivity contribution in [3.63, 3.8) is 0 Å². The van der Waals surface area contributed by atoms with Crippen molar-refractivity contribution in [2.45, 2.75) is 19.4 Å². The average molecular weight is 428 g/mol. The molecule has 2 N–H and O–H groups in total. The average Bonchev–Trinajstić information content (AvgIpc) is 3.17. The normalized spacial score (nSPS) is 11.7. The Bertz CT molecular complexity index is 1230. The zero-order valence-electron chi connectivity index (χ0n) is 17.9. The molecular formula is C25H24N4O3. The highest BCUT2D eigenvalue weighted by Gasteiger charge is 2.23. The molecule has 7 heteroatoms. The van der Waals surface area contributed by atoms with Gasteiger partial charge in [-0.25, -0.2) is 14.6 Å². The minimum absolute atomic E-state index is 0.318. The van der Waals surface area contributed by atoms with Crippen LogP contribution in [-0.2, 0) is 16.0 Å². The highest BCUT2D eigenvalue weighted by molar-refractivity contribution is 5.95. The van der Waals surface area contributed by atoms with E-state index in [1.807, 2.05) is 85.9 Å². The predicted molar refractivity (Wildman–Crippen MR) is 123 cm³/mol. The van der Waals surface area contributed by atoms with Crippen molar-refractivity contribution >= 4 is 23.5 Å². The van der Waals surface area contributed by atoms with Crippen molar-refractivity contribution in [2.75, 3.05) is 12.4 Å². The lowest BCUT2D eigenvalue weighted by Crippen LogP contribution is -2.45. The Morgan fingerprint density at radius 2 is 1.72 bits per heavy atom. The maximum atomic E-state index is 12.9. The molecule has 0 aliphatic carbocycles. The molecule has 1 atom stereocenters. The van der Waals surface area contributed by atoms with Crippen molar-refractivity contribution in [1.29, 1.82) is 0 Å². The van der Waals surface area contributed by atoms with Crippen LogP contribution in [0.3, 0.4) is 0 Å². The van der Waals surface area contributed by atoms with E-state index >= 15 is 0 Å². The highest BCUT2D eigenvalue weighted by Crippen LogP contribution is 2.29. The maximum absolute atomic E-state index is 12.9. The van der Waals surface area contributed by atoms with Gasteiger partial charge in [-0.3, -0.25) is 9.72 Å². The summed E-state index contributed by atoms with van der Waals surface area (Å²) in [5.41, 5.74) is 4.27. The molecule has 4 aromatic rings. The standard InChI is InChI=1S/C25H24N4O3/c1-17-11-13-19(14-12-17)22-23(29-15-7-6-10-21(29)27-22)28-25(31)26-20(24(30)32-2)16-18-8-4-3-5-9-18/h3-15,20H,16H2,1-2H3,(H2,26,28,31)/t20-/m1/s1. The summed E-state index contributed by atoms with van der Waals surface area (Å²) in [7, 11) is 1.31. The molecule has 0 bridgehead atoms. The number of aromatic nitrogens is 2. The number of imidazole rings is 1. The SMILES string of the molecule is COC(=O)[C@@H](Cc1ccccc1)NC(=O)Nc1c(-c2ccc(C)cc2)nc2ccccn12. The molecule has 0 spiro atoms. The van der Waals surface area contributed by atoms with Crippen LogP contribution in [0.15, 0.2) is 79.0 Å². The molecule has 0 aliphatic heterocycles. The number of nitrogens with one attached hydrogen (secondary N) is 2. The summed E-state index contributed by atoms with van der Waals surface area (Å²) in [6.45, 7) is 2.01. The Hall–Kier alpha value is -4.13. The molecule has 2 heterocycles. The van der Waals surface area contributed by atoms with Crippen LogP contribution in [0, 0.1) is 6.92 Å². The van der Waals surface area contributed by atoms with E-state index in [0.29, 0.717) is 23.6 Å². The third kappa shape index (κ3) is 4.62. The second-order valence-corrected chi connectivity index (χ2v) is 7.47. The Balaban J connectivity index is 1.61. The van der Waals surface area contributed by atoms with E-state index in [2.05, 4.69) is 10.6 Å².